The summed E-state index contributed by atoms with van der Waals surface area (Å²) in [6, 6.07) is 11.3. The summed E-state index contributed by atoms with van der Waals surface area (Å²) < 4.78 is 21.9. The number of carbonyl (C=O) groups excluding carboxylic acids is 1. The molecule has 3 heterocycles. The molecule has 3 aliphatic heterocycles. The van der Waals surface area contributed by atoms with Gasteiger partial charge < -0.3 is 34.1 Å². The van der Waals surface area contributed by atoms with E-state index in [4.69, 9.17) is 18.9 Å². The third kappa shape index (κ3) is 3.21. The van der Waals surface area contributed by atoms with E-state index in [9.17, 15) is 4.79 Å². The lowest BCUT2D eigenvalue weighted by molar-refractivity contribution is 0.171. The summed E-state index contributed by atoms with van der Waals surface area (Å²) in [5.41, 5.74) is 1.78. The molecule has 28 heavy (non-hydrogen) atoms. The van der Waals surface area contributed by atoms with Crippen molar-refractivity contribution in [1.82, 2.24) is 4.90 Å². The van der Waals surface area contributed by atoms with Gasteiger partial charge in [-0.2, -0.15) is 0 Å². The van der Waals surface area contributed by atoms with Gasteiger partial charge in [-0.3, -0.25) is 0 Å². The molecule has 0 bridgehead atoms. The number of carbonyl (C=O) groups is 1. The van der Waals surface area contributed by atoms with E-state index >= 15 is 0 Å². The van der Waals surface area contributed by atoms with Crippen molar-refractivity contribution in [3.05, 3.63) is 36.4 Å². The summed E-state index contributed by atoms with van der Waals surface area (Å²) in [6.45, 7) is 4.14. The Morgan fingerprint density at radius 3 is 2.32 bits per heavy atom. The molecule has 0 saturated carbocycles. The molecule has 2 amide bonds. The Morgan fingerprint density at radius 2 is 1.46 bits per heavy atom. The number of nitrogens with zero attached hydrogens (tertiary/aromatic N) is 2. The molecule has 8 nitrogen and oxygen atoms in total. The molecule has 0 aromatic heterocycles. The fourth-order valence-corrected chi connectivity index (χ4v) is 3.57. The molecule has 0 aliphatic carbocycles. The highest BCUT2D eigenvalue weighted by atomic mass is 16.7. The number of nitrogens with one attached hydrogen (secondary N) is 1. The zero-order valence-corrected chi connectivity index (χ0v) is 15.3. The molecular weight excluding hydrogens is 362 g/mol. The molecule has 0 radical (unpaired) electrons. The van der Waals surface area contributed by atoms with Crippen LogP contribution >= 0.6 is 0 Å². The van der Waals surface area contributed by atoms with E-state index < -0.39 is 0 Å². The fourth-order valence-electron chi connectivity index (χ4n) is 3.57. The van der Waals surface area contributed by atoms with Crippen molar-refractivity contribution in [3.8, 4) is 23.0 Å². The van der Waals surface area contributed by atoms with Crippen LogP contribution in [0.25, 0.3) is 0 Å². The van der Waals surface area contributed by atoms with Crippen LogP contribution in [0.2, 0.25) is 0 Å². The normalized spacial score (nSPS) is 17.4. The summed E-state index contributed by atoms with van der Waals surface area (Å²) >= 11 is 0. The fraction of sp³-hybridized carbons (Fsp3) is 0.350. The molecule has 8 heteroatoms. The molecule has 0 atom stereocenters. The highest BCUT2D eigenvalue weighted by molar-refractivity contribution is 5.90. The van der Waals surface area contributed by atoms with Crippen LogP contribution in [0.4, 0.5) is 16.2 Å². The van der Waals surface area contributed by atoms with Gasteiger partial charge in [0.05, 0.1) is 0 Å². The van der Waals surface area contributed by atoms with Crippen molar-refractivity contribution in [1.29, 1.82) is 0 Å². The van der Waals surface area contributed by atoms with Crippen LogP contribution in [0.5, 0.6) is 23.0 Å². The van der Waals surface area contributed by atoms with E-state index in [1.807, 2.05) is 35.2 Å². The second kappa shape index (κ2) is 7.03. The van der Waals surface area contributed by atoms with E-state index in [2.05, 4.69) is 10.2 Å². The second-order valence-electron chi connectivity index (χ2n) is 6.80. The Labute approximate surface area is 162 Å². The third-order valence-electron chi connectivity index (χ3n) is 5.08. The number of hydrogen-bond acceptors (Lipinski definition) is 6. The van der Waals surface area contributed by atoms with Gasteiger partial charge in [0, 0.05) is 49.7 Å². The zero-order chi connectivity index (χ0) is 18.9. The van der Waals surface area contributed by atoms with Gasteiger partial charge in [-0.15, -0.1) is 0 Å². The topological polar surface area (TPSA) is 72.5 Å². The summed E-state index contributed by atoms with van der Waals surface area (Å²) in [7, 11) is 0. The first kappa shape index (κ1) is 16.9. The number of hydrogen-bond donors (Lipinski definition) is 1. The van der Waals surface area contributed by atoms with Crippen LogP contribution < -0.4 is 29.2 Å². The number of amides is 2. The van der Waals surface area contributed by atoms with Gasteiger partial charge in [0.1, 0.15) is 13.2 Å². The lowest BCUT2D eigenvalue weighted by atomic mass is 10.2. The maximum Gasteiger partial charge on any atom is 0.321 e. The minimum absolute atomic E-state index is 0.109. The molecule has 5 rings (SSSR count). The number of benzene rings is 2. The Hall–Kier alpha value is -3.29. The van der Waals surface area contributed by atoms with Crippen LogP contribution in [-0.4, -0.2) is 57.1 Å². The van der Waals surface area contributed by atoms with Crippen molar-refractivity contribution in [2.24, 2.45) is 0 Å². The number of fused-ring (bicyclic) bond motifs is 2. The standard InChI is InChI=1S/C20H21N3O5/c24-20(21-14-1-3-16-18(11-14)26-10-9-25-16)23-7-5-22(6-8-23)15-2-4-17-19(12-15)28-13-27-17/h1-4,11-12H,5-10,13H2,(H,21,24). The van der Waals surface area contributed by atoms with Crippen molar-refractivity contribution in [2.75, 3.05) is 56.4 Å². The Bertz CT molecular complexity index is 895. The average Bonchev–Trinajstić information content (AvgIpc) is 3.21. The number of anilines is 2. The predicted octanol–water partition coefficient (Wildman–Crippen LogP) is 2.54. The second-order valence-corrected chi connectivity index (χ2v) is 6.80. The minimum Gasteiger partial charge on any atom is -0.486 e. The van der Waals surface area contributed by atoms with Crippen molar-refractivity contribution >= 4 is 17.4 Å². The Kier molecular flexibility index (Phi) is 4.23. The van der Waals surface area contributed by atoms with Gasteiger partial charge in [-0.1, -0.05) is 0 Å². The SMILES string of the molecule is O=C(Nc1ccc2c(c1)OCCO2)N1CCN(c2ccc3c(c2)OCO3)CC1. The third-order valence-corrected chi connectivity index (χ3v) is 5.08. The summed E-state index contributed by atoms with van der Waals surface area (Å²) in [6.07, 6.45) is 0. The summed E-state index contributed by atoms with van der Waals surface area (Å²) in [5, 5.41) is 2.95. The summed E-state index contributed by atoms with van der Waals surface area (Å²) in [5.74, 6) is 2.93. The van der Waals surface area contributed by atoms with E-state index in [0.29, 0.717) is 43.5 Å². The molecule has 3 aliphatic rings. The number of urea groups is 1. The molecule has 1 saturated heterocycles. The van der Waals surface area contributed by atoms with E-state index in [0.717, 1.165) is 30.3 Å². The molecule has 146 valence electrons. The predicted molar refractivity (Wildman–Crippen MR) is 103 cm³/mol. The van der Waals surface area contributed by atoms with Gasteiger partial charge in [-0.25, -0.2) is 4.79 Å². The first-order valence-electron chi connectivity index (χ1n) is 9.36. The lowest BCUT2D eigenvalue weighted by Crippen LogP contribution is -2.50. The van der Waals surface area contributed by atoms with Gasteiger partial charge in [0.25, 0.3) is 0 Å². The van der Waals surface area contributed by atoms with Gasteiger partial charge in [0.2, 0.25) is 6.79 Å². The minimum atomic E-state index is -0.109. The first-order chi connectivity index (χ1) is 13.8. The average molecular weight is 383 g/mol. The molecule has 0 spiro atoms. The van der Waals surface area contributed by atoms with Crippen LogP contribution in [0, 0.1) is 0 Å². The van der Waals surface area contributed by atoms with E-state index in [1.54, 1.807) is 6.07 Å². The van der Waals surface area contributed by atoms with Crippen molar-refractivity contribution in [3.63, 3.8) is 0 Å². The molecule has 2 aromatic rings. The molecule has 1 fully saturated rings. The van der Waals surface area contributed by atoms with Crippen LogP contribution in [0.1, 0.15) is 0 Å². The molecular formula is C20H21N3O5. The Balaban J connectivity index is 1.19. The van der Waals surface area contributed by atoms with Gasteiger partial charge in [-0.05, 0) is 24.3 Å². The van der Waals surface area contributed by atoms with Gasteiger partial charge in [0.15, 0.2) is 23.0 Å². The quantitative estimate of drug-likeness (QED) is 0.859. The number of piperazine rings is 1. The molecule has 0 unspecified atom stereocenters. The number of ether oxygens (including phenoxy) is 4. The largest absolute Gasteiger partial charge is 0.486 e. The van der Waals surface area contributed by atoms with E-state index in [-0.39, 0.29) is 12.8 Å². The van der Waals surface area contributed by atoms with Crippen LogP contribution in [-0.2, 0) is 0 Å². The Morgan fingerprint density at radius 1 is 0.786 bits per heavy atom. The summed E-state index contributed by atoms with van der Waals surface area (Å²) in [4.78, 5) is 16.7. The molecule has 1 N–H and O–H groups in total. The lowest BCUT2D eigenvalue weighted by Gasteiger charge is -2.36. The smallest absolute Gasteiger partial charge is 0.321 e. The maximum atomic E-state index is 12.6. The van der Waals surface area contributed by atoms with E-state index in [1.165, 1.54) is 0 Å². The van der Waals surface area contributed by atoms with Crippen molar-refractivity contribution in [2.45, 2.75) is 0 Å². The number of rotatable bonds is 2. The monoisotopic (exact) mass is 383 g/mol. The highest BCUT2D eigenvalue weighted by Gasteiger charge is 2.23. The van der Waals surface area contributed by atoms with Gasteiger partial charge >= 0.3 is 6.03 Å². The first-order valence-corrected chi connectivity index (χ1v) is 9.36. The highest BCUT2D eigenvalue weighted by Crippen LogP contribution is 2.36. The van der Waals surface area contributed by atoms with Crippen LogP contribution in [0.3, 0.4) is 0 Å². The van der Waals surface area contributed by atoms with Crippen LogP contribution in [0.15, 0.2) is 36.4 Å². The van der Waals surface area contributed by atoms with Crippen molar-refractivity contribution < 1.29 is 23.7 Å². The maximum absolute atomic E-state index is 12.6. The molecule has 2 aromatic carbocycles. The zero-order valence-electron chi connectivity index (χ0n) is 15.3.